The Morgan fingerprint density at radius 1 is 1.31 bits per heavy atom. The Labute approximate surface area is 154 Å². The molecule has 140 valence electrons. The predicted octanol–water partition coefficient (Wildman–Crippen LogP) is 2.09. The van der Waals surface area contributed by atoms with Gasteiger partial charge in [-0.05, 0) is 44.5 Å². The smallest absolute Gasteiger partial charge is 0.258 e. The quantitative estimate of drug-likeness (QED) is 0.745. The van der Waals surface area contributed by atoms with Crippen molar-refractivity contribution in [3.63, 3.8) is 0 Å². The number of aromatic nitrogens is 2. The lowest BCUT2D eigenvalue weighted by molar-refractivity contribution is -0.126. The van der Waals surface area contributed by atoms with Gasteiger partial charge in [-0.2, -0.15) is 0 Å². The van der Waals surface area contributed by atoms with E-state index in [-0.39, 0.29) is 17.4 Å². The molecular formula is C20H28N4O2. The fraction of sp³-hybridized carbons (Fsp3) is 0.550. The molecule has 26 heavy (non-hydrogen) atoms. The van der Waals surface area contributed by atoms with Gasteiger partial charge in [0.25, 0.3) is 5.56 Å². The van der Waals surface area contributed by atoms with Gasteiger partial charge in [-0.15, -0.1) is 0 Å². The highest BCUT2D eigenvalue weighted by Gasteiger charge is 2.24. The zero-order valence-electron chi connectivity index (χ0n) is 15.5. The maximum absolute atomic E-state index is 12.1. The van der Waals surface area contributed by atoms with Crippen LogP contribution < -0.4 is 10.9 Å². The fourth-order valence-electron chi connectivity index (χ4n) is 3.47. The number of nitrogens with one attached hydrogen (secondary N) is 2. The molecule has 1 saturated heterocycles. The lowest BCUT2D eigenvalue weighted by Gasteiger charge is -2.31. The Bertz CT molecular complexity index is 794. The second kappa shape index (κ2) is 8.94. The normalized spacial score (nSPS) is 16.0. The summed E-state index contributed by atoms with van der Waals surface area (Å²) < 4.78 is 0. The van der Waals surface area contributed by atoms with Crippen LogP contribution in [0.3, 0.4) is 0 Å². The van der Waals surface area contributed by atoms with Gasteiger partial charge in [0, 0.05) is 25.4 Å². The Morgan fingerprint density at radius 3 is 2.85 bits per heavy atom. The molecule has 1 amide bonds. The van der Waals surface area contributed by atoms with Crippen LogP contribution in [0.25, 0.3) is 10.9 Å². The van der Waals surface area contributed by atoms with Crippen molar-refractivity contribution >= 4 is 16.8 Å². The summed E-state index contributed by atoms with van der Waals surface area (Å²) in [4.78, 5) is 34.1. The first-order valence-electron chi connectivity index (χ1n) is 9.65. The molecule has 0 aliphatic carbocycles. The van der Waals surface area contributed by atoms with Crippen molar-refractivity contribution in [2.24, 2.45) is 5.92 Å². The molecule has 1 aromatic carbocycles. The number of benzene rings is 1. The summed E-state index contributed by atoms with van der Waals surface area (Å²) in [6.45, 7) is 5.61. The standard InChI is InChI=1S/C20H28N4O2/c1-2-3-11-21-19(25)15-8-12-24(13-9-15)14-10-18-22-17-7-5-4-6-16(17)20(26)23-18/h4-7,15H,2-3,8-14H2,1H3,(H,21,25)(H,22,23,26). The predicted molar refractivity (Wildman–Crippen MR) is 103 cm³/mol. The largest absolute Gasteiger partial charge is 0.356 e. The van der Waals surface area contributed by atoms with E-state index in [1.165, 1.54) is 0 Å². The summed E-state index contributed by atoms with van der Waals surface area (Å²) in [6, 6.07) is 7.41. The maximum Gasteiger partial charge on any atom is 0.258 e. The Balaban J connectivity index is 1.48. The summed E-state index contributed by atoms with van der Waals surface area (Å²) in [6.07, 6.45) is 4.66. The molecule has 2 heterocycles. The molecule has 1 fully saturated rings. The van der Waals surface area contributed by atoms with Crippen molar-refractivity contribution in [2.75, 3.05) is 26.2 Å². The van der Waals surface area contributed by atoms with E-state index >= 15 is 0 Å². The molecule has 6 nitrogen and oxygen atoms in total. The highest BCUT2D eigenvalue weighted by atomic mass is 16.2. The minimum Gasteiger partial charge on any atom is -0.356 e. The molecule has 1 aliphatic heterocycles. The molecule has 0 atom stereocenters. The van der Waals surface area contributed by atoms with Crippen LogP contribution in [-0.4, -0.2) is 47.0 Å². The molecule has 0 radical (unpaired) electrons. The highest BCUT2D eigenvalue weighted by molar-refractivity contribution is 5.78. The number of rotatable bonds is 7. The van der Waals surface area contributed by atoms with E-state index in [4.69, 9.17) is 0 Å². The molecule has 3 rings (SSSR count). The van der Waals surface area contributed by atoms with E-state index in [9.17, 15) is 9.59 Å². The second-order valence-electron chi connectivity index (χ2n) is 7.04. The van der Waals surface area contributed by atoms with Crippen molar-refractivity contribution in [2.45, 2.75) is 39.0 Å². The zero-order chi connectivity index (χ0) is 18.4. The van der Waals surface area contributed by atoms with Crippen molar-refractivity contribution in [1.29, 1.82) is 0 Å². The van der Waals surface area contributed by atoms with Crippen molar-refractivity contribution in [1.82, 2.24) is 20.2 Å². The van der Waals surface area contributed by atoms with Crippen LogP contribution in [0.15, 0.2) is 29.1 Å². The maximum atomic E-state index is 12.1. The number of amides is 1. The number of piperidine rings is 1. The van der Waals surface area contributed by atoms with Crippen LogP contribution in [0, 0.1) is 5.92 Å². The van der Waals surface area contributed by atoms with Crippen molar-refractivity contribution in [3.05, 3.63) is 40.4 Å². The molecule has 0 saturated carbocycles. The first-order chi connectivity index (χ1) is 12.7. The number of hydrogen-bond acceptors (Lipinski definition) is 4. The van der Waals surface area contributed by atoms with Crippen LogP contribution in [0.5, 0.6) is 0 Å². The van der Waals surface area contributed by atoms with Gasteiger partial charge in [0.05, 0.1) is 10.9 Å². The third kappa shape index (κ3) is 4.69. The van der Waals surface area contributed by atoms with Crippen LogP contribution in [0.1, 0.15) is 38.4 Å². The van der Waals surface area contributed by atoms with Gasteiger partial charge in [0.1, 0.15) is 5.82 Å². The van der Waals surface area contributed by atoms with E-state index in [1.54, 1.807) is 6.07 Å². The average Bonchev–Trinajstić information content (AvgIpc) is 2.67. The third-order valence-electron chi connectivity index (χ3n) is 5.11. The topological polar surface area (TPSA) is 78.1 Å². The SMILES string of the molecule is CCCCNC(=O)C1CCN(CCc2nc3ccccc3c(=O)[nH]2)CC1. The van der Waals surface area contributed by atoms with Crippen LogP contribution >= 0.6 is 0 Å². The molecule has 2 aromatic rings. The number of carbonyl (C=O) groups is 1. The molecule has 1 aliphatic rings. The Morgan fingerprint density at radius 2 is 2.08 bits per heavy atom. The number of nitrogens with zero attached hydrogens (tertiary/aromatic N) is 2. The molecule has 0 spiro atoms. The summed E-state index contributed by atoms with van der Waals surface area (Å²) in [5.41, 5.74) is 0.668. The average molecular weight is 356 g/mol. The third-order valence-corrected chi connectivity index (χ3v) is 5.11. The Hall–Kier alpha value is -2.21. The summed E-state index contributed by atoms with van der Waals surface area (Å²) in [5.74, 6) is 1.08. The van der Waals surface area contributed by atoms with E-state index in [0.717, 1.165) is 63.2 Å². The molecule has 2 N–H and O–H groups in total. The van der Waals surface area contributed by atoms with Crippen molar-refractivity contribution in [3.8, 4) is 0 Å². The molecule has 1 aromatic heterocycles. The summed E-state index contributed by atoms with van der Waals surface area (Å²) in [7, 11) is 0. The number of para-hydroxylation sites is 1. The van der Waals surface area contributed by atoms with Gasteiger partial charge in [0.2, 0.25) is 5.91 Å². The summed E-state index contributed by atoms with van der Waals surface area (Å²) in [5, 5.41) is 3.67. The van der Waals surface area contributed by atoms with E-state index in [0.29, 0.717) is 11.8 Å². The van der Waals surface area contributed by atoms with Gasteiger partial charge in [-0.3, -0.25) is 9.59 Å². The molecule has 6 heteroatoms. The Kier molecular flexibility index (Phi) is 6.39. The minimum atomic E-state index is -0.0759. The van der Waals surface area contributed by atoms with E-state index in [1.807, 2.05) is 18.2 Å². The lowest BCUT2D eigenvalue weighted by Crippen LogP contribution is -2.41. The number of aromatic amines is 1. The van der Waals surface area contributed by atoms with Crippen LogP contribution in [0.2, 0.25) is 0 Å². The second-order valence-corrected chi connectivity index (χ2v) is 7.04. The number of fused-ring (bicyclic) bond motifs is 1. The lowest BCUT2D eigenvalue weighted by atomic mass is 9.95. The first kappa shape index (κ1) is 18.6. The van der Waals surface area contributed by atoms with Gasteiger partial charge >= 0.3 is 0 Å². The van der Waals surface area contributed by atoms with Gasteiger partial charge < -0.3 is 15.2 Å². The number of carbonyl (C=O) groups excluding carboxylic acids is 1. The number of H-pyrrole nitrogens is 1. The highest BCUT2D eigenvalue weighted by Crippen LogP contribution is 2.17. The number of hydrogen-bond donors (Lipinski definition) is 2. The monoisotopic (exact) mass is 356 g/mol. The van der Waals surface area contributed by atoms with Gasteiger partial charge in [-0.1, -0.05) is 25.5 Å². The number of likely N-dealkylation sites (tertiary alicyclic amines) is 1. The van der Waals surface area contributed by atoms with Gasteiger partial charge in [-0.25, -0.2) is 4.98 Å². The summed E-state index contributed by atoms with van der Waals surface area (Å²) >= 11 is 0. The molecule has 0 bridgehead atoms. The van der Waals surface area contributed by atoms with Crippen molar-refractivity contribution < 1.29 is 4.79 Å². The van der Waals surface area contributed by atoms with Crippen LogP contribution in [0.4, 0.5) is 0 Å². The zero-order valence-corrected chi connectivity index (χ0v) is 15.5. The molecule has 0 unspecified atom stereocenters. The first-order valence-corrected chi connectivity index (χ1v) is 9.65. The van der Waals surface area contributed by atoms with E-state index < -0.39 is 0 Å². The molecular weight excluding hydrogens is 328 g/mol. The van der Waals surface area contributed by atoms with Crippen LogP contribution in [-0.2, 0) is 11.2 Å². The number of unbranched alkanes of at least 4 members (excludes halogenated alkanes) is 1. The van der Waals surface area contributed by atoms with E-state index in [2.05, 4.69) is 27.1 Å². The van der Waals surface area contributed by atoms with Gasteiger partial charge in [0.15, 0.2) is 0 Å². The fourth-order valence-corrected chi connectivity index (χ4v) is 3.47. The minimum absolute atomic E-state index is 0.0759.